The van der Waals surface area contributed by atoms with Gasteiger partial charge in [0.1, 0.15) is 0 Å². The first-order valence-electron chi connectivity index (χ1n) is 7.80. The van der Waals surface area contributed by atoms with E-state index in [2.05, 4.69) is 5.32 Å². The van der Waals surface area contributed by atoms with Gasteiger partial charge in [-0.25, -0.2) is 0 Å². The maximum atomic E-state index is 13.1. The van der Waals surface area contributed by atoms with E-state index in [1.54, 1.807) is 17.0 Å². The van der Waals surface area contributed by atoms with Crippen LogP contribution in [0.3, 0.4) is 0 Å². The minimum atomic E-state index is -0.350. The largest absolute Gasteiger partial charge is 0.351 e. The molecular weight excluding hydrogens is 365 g/mol. The molecule has 1 aliphatic rings. The second kappa shape index (κ2) is 7.72. The van der Waals surface area contributed by atoms with Gasteiger partial charge in [0, 0.05) is 25.8 Å². The quantitative estimate of drug-likeness (QED) is 0.794. The molecule has 1 aliphatic heterocycles. The van der Waals surface area contributed by atoms with Crippen LogP contribution in [0.15, 0.2) is 29.5 Å². The zero-order chi connectivity index (χ0) is 18.0. The highest BCUT2D eigenvalue weighted by Crippen LogP contribution is 2.34. The summed E-state index contributed by atoms with van der Waals surface area (Å²) in [6, 6.07) is 5.02. The smallest absolute Gasteiger partial charge is 0.253 e. The predicted molar refractivity (Wildman–Crippen MR) is 103 cm³/mol. The molecule has 24 heavy (non-hydrogen) atoms. The maximum absolute atomic E-state index is 13.1. The number of thiocarbonyl (C=S) groups is 1. The summed E-state index contributed by atoms with van der Waals surface area (Å²) in [5.41, 5.74) is 2.37. The summed E-state index contributed by atoms with van der Waals surface area (Å²) in [6.45, 7) is 7.14. The Bertz CT molecular complexity index is 701. The van der Waals surface area contributed by atoms with Crippen molar-refractivity contribution in [2.45, 2.75) is 26.8 Å². The van der Waals surface area contributed by atoms with Crippen molar-refractivity contribution in [3.8, 4) is 0 Å². The van der Waals surface area contributed by atoms with E-state index in [1.807, 2.05) is 38.8 Å². The third-order valence-corrected chi connectivity index (χ3v) is 5.44. The zero-order valence-corrected chi connectivity index (χ0v) is 16.5. The molecular formula is C17H21Cl2N3OS. The van der Waals surface area contributed by atoms with Crippen molar-refractivity contribution in [3.63, 3.8) is 0 Å². The van der Waals surface area contributed by atoms with Crippen LogP contribution >= 0.6 is 35.4 Å². The highest BCUT2D eigenvalue weighted by atomic mass is 35.5. The van der Waals surface area contributed by atoms with Crippen LogP contribution in [0.4, 0.5) is 0 Å². The number of carbonyl (C=O) groups excluding carboxylic acids is 1. The van der Waals surface area contributed by atoms with Crippen LogP contribution in [-0.2, 0) is 4.79 Å². The Kier molecular flexibility index (Phi) is 6.12. The van der Waals surface area contributed by atoms with E-state index in [4.69, 9.17) is 35.4 Å². The lowest BCUT2D eigenvalue weighted by Gasteiger charge is -2.37. The normalized spacial score (nSPS) is 17.8. The molecule has 4 nitrogen and oxygen atoms in total. The Morgan fingerprint density at radius 3 is 2.46 bits per heavy atom. The first-order valence-corrected chi connectivity index (χ1v) is 8.97. The summed E-state index contributed by atoms with van der Waals surface area (Å²) in [5, 5.41) is 4.74. The predicted octanol–water partition coefficient (Wildman–Crippen LogP) is 4.00. The van der Waals surface area contributed by atoms with Crippen LogP contribution in [0.2, 0.25) is 10.0 Å². The maximum Gasteiger partial charge on any atom is 0.253 e. The molecule has 0 aliphatic carbocycles. The summed E-state index contributed by atoms with van der Waals surface area (Å²) in [4.78, 5) is 16.7. The van der Waals surface area contributed by atoms with Gasteiger partial charge < -0.3 is 15.1 Å². The van der Waals surface area contributed by atoms with Crippen molar-refractivity contribution in [1.82, 2.24) is 15.1 Å². The standard InChI is InChI=1S/C17H21Cl2N3OS/c1-5-22(6-2)16(23)14-10(3)21(4)17(24)20-15(14)11-7-8-12(18)13(19)9-11/h7-9,15H,5-6H2,1-4H3,(H,20,24)/t15-/m0/s1. The molecule has 1 aromatic carbocycles. The number of benzene rings is 1. The number of nitrogens with zero attached hydrogens (tertiary/aromatic N) is 2. The summed E-state index contributed by atoms with van der Waals surface area (Å²) in [7, 11) is 1.85. The first kappa shape index (κ1) is 19.0. The van der Waals surface area contributed by atoms with Crippen LogP contribution in [-0.4, -0.2) is 41.0 Å². The van der Waals surface area contributed by atoms with Gasteiger partial charge in [0.05, 0.1) is 21.7 Å². The molecule has 0 bridgehead atoms. The zero-order valence-electron chi connectivity index (χ0n) is 14.2. The summed E-state index contributed by atoms with van der Waals surface area (Å²) in [5.74, 6) is -0.00424. The van der Waals surface area contributed by atoms with Gasteiger partial charge >= 0.3 is 0 Å². The van der Waals surface area contributed by atoms with Gasteiger partial charge in [-0.3, -0.25) is 4.79 Å². The number of hydrogen-bond acceptors (Lipinski definition) is 2. The highest BCUT2D eigenvalue weighted by Gasteiger charge is 2.34. The van der Waals surface area contributed by atoms with E-state index in [9.17, 15) is 4.79 Å². The molecule has 0 fully saturated rings. The number of carbonyl (C=O) groups is 1. The first-order chi connectivity index (χ1) is 11.3. The molecule has 0 saturated carbocycles. The number of nitrogens with one attached hydrogen (secondary N) is 1. The third kappa shape index (κ3) is 3.53. The summed E-state index contributed by atoms with van der Waals surface area (Å²) in [6.07, 6.45) is 0. The molecule has 130 valence electrons. The van der Waals surface area contributed by atoms with Gasteiger partial charge in [0.15, 0.2) is 5.11 Å². The number of allylic oxidation sites excluding steroid dienone is 1. The van der Waals surface area contributed by atoms with E-state index in [0.717, 1.165) is 11.3 Å². The lowest BCUT2D eigenvalue weighted by molar-refractivity contribution is -0.127. The Morgan fingerprint density at radius 1 is 1.29 bits per heavy atom. The second-order valence-corrected chi connectivity index (χ2v) is 6.79. The molecule has 1 N–H and O–H groups in total. The van der Waals surface area contributed by atoms with Crippen LogP contribution in [0.25, 0.3) is 0 Å². The molecule has 1 amide bonds. The van der Waals surface area contributed by atoms with Crippen molar-refractivity contribution >= 4 is 46.4 Å². The van der Waals surface area contributed by atoms with Crippen molar-refractivity contribution in [2.75, 3.05) is 20.1 Å². The SMILES string of the molecule is CCN(CC)C(=O)C1=C(C)N(C)C(=S)N[C@H]1c1ccc(Cl)c(Cl)c1. The van der Waals surface area contributed by atoms with E-state index in [-0.39, 0.29) is 11.9 Å². The second-order valence-electron chi connectivity index (χ2n) is 5.59. The van der Waals surface area contributed by atoms with Gasteiger partial charge in [-0.05, 0) is 50.7 Å². The number of amides is 1. The van der Waals surface area contributed by atoms with Crippen LogP contribution in [0.5, 0.6) is 0 Å². The average molecular weight is 386 g/mol. The van der Waals surface area contributed by atoms with E-state index >= 15 is 0 Å². The van der Waals surface area contributed by atoms with Crippen molar-refractivity contribution in [1.29, 1.82) is 0 Å². The van der Waals surface area contributed by atoms with Crippen molar-refractivity contribution in [3.05, 3.63) is 45.1 Å². The molecule has 1 aromatic rings. The minimum absolute atomic E-state index is 0.00424. The molecule has 2 rings (SSSR count). The number of likely N-dealkylation sites (N-methyl/N-ethyl adjacent to an activating group) is 1. The van der Waals surface area contributed by atoms with Crippen LogP contribution < -0.4 is 5.32 Å². The summed E-state index contributed by atoms with van der Waals surface area (Å²) < 4.78 is 0. The molecule has 0 spiro atoms. The van der Waals surface area contributed by atoms with Gasteiger partial charge in [0.2, 0.25) is 0 Å². The number of rotatable bonds is 4. The Hall–Kier alpha value is -1.30. The number of hydrogen-bond donors (Lipinski definition) is 1. The van der Waals surface area contributed by atoms with Crippen LogP contribution in [0, 0.1) is 0 Å². The molecule has 0 radical (unpaired) electrons. The lowest BCUT2D eigenvalue weighted by Crippen LogP contribution is -2.48. The molecule has 0 unspecified atom stereocenters. The van der Waals surface area contributed by atoms with Gasteiger partial charge in [-0.2, -0.15) is 0 Å². The average Bonchev–Trinajstić information content (AvgIpc) is 2.55. The summed E-state index contributed by atoms with van der Waals surface area (Å²) >= 11 is 17.6. The molecule has 1 heterocycles. The fourth-order valence-electron chi connectivity index (χ4n) is 2.74. The van der Waals surface area contributed by atoms with Gasteiger partial charge in [-0.1, -0.05) is 29.3 Å². The molecule has 7 heteroatoms. The fourth-order valence-corrected chi connectivity index (χ4v) is 3.30. The van der Waals surface area contributed by atoms with Gasteiger partial charge in [-0.15, -0.1) is 0 Å². The highest BCUT2D eigenvalue weighted by molar-refractivity contribution is 7.80. The van der Waals surface area contributed by atoms with E-state index in [0.29, 0.717) is 33.8 Å². The Morgan fingerprint density at radius 2 is 1.92 bits per heavy atom. The monoisotopic (exact) mass is 385 g/mol. The van der Waals surface area contributed by atoms with Gasteiger partial charge in [0.25, 0.3) is 5.91 Å². The van der Waals surface area contributed by atoms with E-state index < -0.39 is 0 Å². The van der Waals surface area contributed by atoms with E-state index in [1.165, 1.54) is 0 Å². The molecule has 0 saturated heterocycles. The third-order valence-electron chi connectivity index (χ3n) is 4.31. The fraction of sp³-hybridized carbons (Fsp3) is 0.412. The topological polar surface area (TPSA) is 35.6 Å². The van der Waals surface area contributed by atoms with Crippen molar-refractivity contribution in [2.24, 2.45) is 0 Å². The molecule has 0 aromatic heterocycles. The van der Waals surface area contributed by atoms with Crippen LogP contribution in [0.1, 0.15) is 32.4 Å². The van der Waals surface area contributed by atoms with Crippen molar-refractivity contribution < 1.29 is 4.79 Å². The molecule has 1 atom stereocenters. The Labute approximate surface area is 158 Å². The minimum Gasteiger partial charge on any atom is -0.351 e. The number of halogens is 2. The lowest BCUT2D eigenvalue weighted by atomic mass is 9.94. The Balaban J connectivity index is 2.56.